The van der Waals surface area contributed by atoms with Crippen LogP contribution < -0.4 is 0 Å². The minimum Gasteiger partial charge on any atom is -0.391 e. The standard InChI is InChI=1S/C16H23ClO4/c1-3-6-15-20-10-14(16(21-15)11(2)18)19-9-12-7-4-5-8-13(12)17/h4-5,7-8,11,14-16,18H,3,6,9-10H2,1-2H3/t11?,14-,15+,16-/m1/s1. The molecule has 1 aromatic rings. The molecule has 0 aliphatic carbocycles. The van der Waals surface area contributed by atoms with Crippen LogP contribution in [0, 0.1) is 0 Å². The van der Waals surface area contributed by atoms with Crippen LogP contribution in [0.3, 0.4) is 0 Å². The fourth-order valence-electron chi connectivity index (χ4n) is 2.37. The SMILES string of the molecule is CCC[C@H]1OC[C@@H](OCc2ccccc2Cl)[C@@H](C(C)O)O1. The highest BCUT2D eigenvalue weighted by atomic mass is 35.5. The van der Waals surface area contributed by atoms with Gasteiger partial charge in [0, 0.05) is 5.02 Å². The molecule has 2 rings (SSSR count). The second-order valence-electron chi connectivity index (χ2n) is 5.33. The van der Waals surface area contributed by atoms with Crippen molar-refractivity contribution >= 4 is 11.6 Å². The van der Waals surface area contributed by atoms with Crippen molar-refractivity contribution in [3.8, 4) is 0 Å². The monoisotopic (exact) mass is 314 g/mol. The van der Waals surface area contributed by atoms with Crippen LogP contribution in [-0.4, -0.2) is 36.3 Å². The van der Waals surface area contributed by atoms with Gasteiger partial charge >= 0.3 is 0 Å². The summed E-state index contributed by atoms with van der Waals surface area (Å²) in [7, 11) is 0. The Morgan fingerprint density at radius 3 is 2.86 bits per heavy atom. The van der Waals surface area contributed by atoms with Crippen molar-refractivity contribution in [1.82, 2.24) is 0 Å². The first-order chi connectivity index (χ1) is 10.1. The molecule has 1 aliphatic heterocycles. The second-order valence-corrected chi connectivity index (χ2v) is 5.74. The van der Waals surface area contributed by atoms with E-state index in [0.29, 0.717) is 18.2 Å². The van der Waals surface area contributed by atoms with E-state index in [1.807, 2.05) is 24.3 Å². The van der Waals surface area contributed by atoms with E-state index in [1.54, 1.807) is 6.92 Å². The highest BCUT2D eigenvalue weighted by Crippen LogP contribution is 2.24. The predicted octanol–water partition coefficient (Wildman–Crippen LogP) is 3.15. The van der Waals surface area contributed by atoms with Crippen LogP contribution in [-0.2, 0) is 20.8 Å². The van der Waals surface area contributed by atoms with Gasteiger partial charge in [-0.3, -0.25) is 0 Å². The molecule has 0 spiro atoms. The fraction of sp³-hybridized carbons (Fsp3) is 0.625. The van der Waals surface area contributed by atoms with Crippen LogP contribution in [0.15, 0.2) is 24.3 Å². The number of aliphatic hydroxyl groups is 1. The maximum absolute atomic E-state index is 9.90. The topological polar surface area (TPSA) is 47.9 Å². The molecule has 118 valence electrons. The Morgan fingerprint density at radius 1 is 1.43 bits per heavy atom. The molecule has 1 N–H and O–H groups in total. The molecule has 4 atom stereocenters. The molecule has 21 heavy (non-hydrogen) atoms. The van der Waals surface area contributed by atoms with Crippen molar-refractivity contribution in [1.29, 1.82) is 0 Å². The van der Waals surface area contributed by atoms with Gasteiger partial charge in [-0.25, -0.2) is 0 Å². The normalized spacial score (nSPS) is 27.5. The van der Waals surface area contributed by atoms with Crippen molar-refractivity contribution in [2.75, 3.05) is 6.61 Å². The van der Waals surface area contributed by atoms with Gasteiger partial charge in [0.15, 0.2) is 6.29 Å². The summed E-state index contributed by atoms with van der Waals surface area (Å²) in [6.07, 6.45) is 0.259. The quantitative estimate of drug-likeness (QED) is 0.876. The maximum atomic E-state index is 9.90. The second kappa shape index (κ2) is 8.11. The highest BCUT2D eigenvalue weighted by Gasteiger charge is 2.35. The van der Waals surface area contributed by atoms with Crippen molar-refractivity contribution in [2.45, 2.75) is 57.9 Å². The molecule has 0 amide bonds. The minimum absolute atomic E-state index is 0.255. The number of rotatable bonds is 6. The van der Waals surface area contributed by atoms with Crippen LogP contribution in [0.4, 0.5) is 0 Å². The lowest BCUT2D eigenvalue weighted by Crippen LogP contribution is -2.50. The summed E-state index contributed by atoms with van der Waals surface area (Å²) >= 11 is 6.11. The zero-order valence-electron chi connectivity index (χ0n) is 12.5. The smallest absolute Gasteiger partial charge is 0.158 e. The van der Waals surface area contributed by atoms with Gasteiger partial charge in [0.25, 0.3) is 0 Å². The van der Waals surface area contributed by atoms with Crippen molar-refractivity contribution in [2.24, 2.45) is 0 Å². The third-order valence-electron chi connectivity index (χ3n) is 3.53. The summed E-state index contributed by atoms with van der Waals surface area (Å²) in [5.41, 5.74) is 0.916. The molecule has 1 saturated heterocycles. The lowest BCUT2D eigenvalue weighted by molar-refractivity contribution is -0.281. The number of hydrogen-bond acceptors (Lipinski definition) is 4. The molecule has 0 radical (unpaired) electrons. The van der Waals surface area contributed by atoms with E-state index in [4.69, 9.17) is 25.8 Å². The molecule has 5 heteroatoms. The molecular formula is C16H23ClO4. The van der Waals surface area contributed by atoms with Gasteiger partial charge in [0.2, 0.25) is 0 Å². The van der Waals surface area contributed by atoms with Crippen LogP contribution in [0.5, 0.6) is 0 Å². The molecule has 0 saturated carbocycles. The molecular weight excluding hydrogens is 292 g/mol. The molecule has 4 nitrogen and oxygen atoms in total. The van der Waals surface area contributed by atoms with Gasteiger partial charge in [-0.15, -0.1) is 0 Å². The van der Waals surface area contributed by atoms with Gasteiger partial charge in [-0.1, -0.05) is 43.1 Å². The third-order valence-corrected chi connectivity index (χ3v) is 3.90. The first kappa shape index (κ1) is 16.7. The molecule has 0 bridgehead atoms. The van der Waals surface area contributed by atoms with Gasteiger partial charge < -0.3 is 19.3 Å². The number of benzene rings is 1. The molecule has 1 aromatic carbocycles. The average molecular weight is 315 g/mol. The molecule has 0 aromatic heterocycles. The summed E-state index contributed by atoms with van der Waals surface area (Å²) in [5.74, 6) is 0. The van der Waals surface area contributed by atoms with E-state index < -0.39 is 6.10 Å². The Morgan fingerprint density at radius 2 is 2.19 bits per heavy atom. The van der Waals surface area contributed by atoms with Gasteiger partial charge in [-0.05, 0) is 25.0 Å². The molecule has 1 heterocycles. The number of halogens is 1. The van der Waals surface area contributed by atoms with Crippen LogP contribution in [0.1, 0.15) is 32.3 Å². The van der Waals surface area contributed by atoms with Crippen molar-refractivity contribution in [3.63, 3.8) is 0 Å². The van der Waals surface area contributed by atoms with Gasteiger partial charge in [-0.2, -0.15) is 0 Å². The summed E-state index contributed by atoms with van der Waals surface area (Å²) in [6.45, 7) is 4.58. The van der Waals surface area contributed by atoms with E-state index in [9.17, 15) is 5.11 Å². The first-order valence-electron chi connectivity index (χ1n) is 7.42. The zero-order chi connectivity index (χ0) is 15.2. The maximum Gasteiger partial charge on any atom is 0.158 e. The van der Waals surface area contributed by atoms with Crippen LogP contribution >= 0.6 is 11.6 Å². The molecule has 1 unspecified atom stereocenters. The van der Waals surface area contributed by atoms with Crippen molar-refractivity contribution < 1.29 is 19.3 Å². The highest BCUT2D eigenvalue weighted by molar-refractivity contribution is 6.31. The molecule has 1 fully saturated rings. The largest absolute Gasteiger partial charge is 0.391 e. The zero-order valence-corrected chi connectivity index (χ0v) is 13.3. The summed E-state index contributed by atoms with van der Waals surface area (Å²) < 4.78 is 17.3. The minimum atomic E-state index is -0.607. The van der Waals surface area contributed by atoms with E-state index in [0.717, 1.165) is 18.4 Å². The number of ether oxygens (including phenoxy) is 3. The van der Waals surface area contributed by atoms with Crippen molar-refractivity contribution in [3.05, 3.63) is 34.9 Å². The Bertz CT molecular complexity index is 438. The van der Waals surface area contributed by atoms with Gasteiger partial charge in [0.1, 0.15) is 12.2 Å². The van der Waals surface area contributed by atoms with Crippen LogP contribution in [0.2, 0.25) is 5.02 Å². The Labute approximate surface area is 131 Å². The van der Waals surface area contributed by atoms with E-state index >= 15 is 0 Å². The lowest BCUT2D eigenvalue weighted by atomic mass is 10.1. The fourth-order valence-corrected chi connectivity index (χ4v) is 2.56. The number of hydrogen-bond donors (Lipinski definition) is 1. The van der Waals surface area contributed by atoms with E-state index in [-0.39, 0.29) is 18.5 Å². The summed E-state index contributed by atoms with van der Waals surface area (Å²) in [4.78, 5) is 0. The third kappa shape index (κ3) is 4.66. The Hall–Kier alpha value is -0.650. The lowest BCUT2D eigenvalue weighted by Gasteiger charge is -2.37. The van der Waals surface area contributed by atoms with E-state index in [2.05, 4.69) is 6.92 Å². The van der Waals surface area contributed by atoms with Crippen LogP contribution in [0.25, 0.3) is 0 Å². The Kier molecular flexibility index (Phi) is 6.45. The first-order valence-corrected chi connectivity index (χ1v) is 7.79. The predicted molar refractivity (Wildman–Crippen MR) is 81.2 cm³/mol. The average Bonchev–Trinajstić information content (AvgIpc) is 2.47. The van der Waals surface area contributed by atoms with Gasteiger partial charge in [0.05, 0.1) is 19.3 Å². The summed E-state index contributed by atoms with van der Waals surface area (Å²) in [6, 6.07) is 7.55. The molecule has 1 aliphatic rings. The Balaban J connectivity index is 1.94. The summed E-state index contributed by atoms with van der Waals surface area (Å²) in [5, 5.41) is 10.6. The van der Waals surface area contributed by atoms with E-state index in [1.165, 1.54) is 0 Å². The number of aliphatic hydroxyl groups excluding tert-OH is 1.